The van der Waals surface area contributed by atoms with Gasteiger partial charge in [0.25, 0.3) is 0 Å². The van der Waals surface area contributed by atoms with Crippen LogP contribution < -0.4 is 0 Å². The molecule has 2 heterocycles. The van der Waals surface area contributed by atoms with Gasteiger partial charge in [-0.25, -0.2) is 0 Å². The minimum atomic E-state index is 0.902. The molecular formula is C31H20O2. The van der Waals surface area contributed by atoms with E-state index in [1.165, 1.54) is 16.7 Å². The third kappa shape index (κ3) is 2.81. The van der Waals surface area contributed by atoms with Gasteiger partial charge in [-0.2, -0.15) is 0 Å². The molecule has 0 spiro atoms. The third-order valence-corrected chi connectivity index (χ3v) is 6.52. The van der Waals surface area contributed by atoms with E-state index in [4.69, 9.17) is 8.83 Å². The van der Waals surface area contributed by atoms with Crippen molar-refractivity contribution in [3.8, 4) is 22.3 Å². The zero-order valence-corrected chi connectivity index (χ0v) is 18.1. The number of hydrogen-bond acceptors (Lipinski definition) is 2. The molecule has 7 aromatic rings. The summed E-state index contributed by atoms with van der Waals surface area (Å²) in [5, 5.41) is 4.54. The molecule has 33 heavy (non-hydrogen) atoms. The van der Waals surface area contributed by atoms with Gasteiger partial charge in [-0.05, 0) is 66.1 Å². The fourth-order valence-corrected chi connectivity index (χ4v) is 4.90. The SMILES string of the molecule is Cc1ccc2oc3ccc(-c4cc(-c5ccccc5)cc5c4oc4ccccc45)cc3c2c1. The van der Waals surface area contributed by atoms with Crippen LogP contribution in [0.2, 0.25) is 0 Å². The van der Waals surface area contributed by atoms with Gasteiger partial charge in [-0.15, -0.1) is 0 Å². The molecule has 0 aliphatic heterocycles. The molecule has 2 heteroatoms. The van der Waals surface area contributed by atoms with Crippen LogP contribution in [0.25, 0.3) is 66.1 Å². The van der Waals surface area contributed by atoms with Gasteiger partial charge < -0.3 is 8.83 Å². The molecule has 0 N–H and O–H groups in total. The molecule has 156 valence electrons. The van der Waals surface area contributed by atoms with Crippen LogP contribution >= 0.6 is 0 Å². The number of fused-ring (bicyclic) bond motifs is 6. The number of rotatable bonds is 2. The fraction of sp³-hybridized carbons (Fsp3) is 0.0323. The first kappa shape index (κ1) is 18.3. The second-order valence-corrected chi connectivity index (χ2v) is 8.68. The maximum absolute atomic E-state index is 6.41. The zero-order valence-electron chi connectivity index (χ0n) is 18.1. The molecule has 0 radical (unpaired) electrons. The predicted molar refractivity (Wildman–Crippen MR) is 137 cm³/mol. The van der Waals surface area contributed by atoms with Gasteiger partial charge in [0.15, 0.2) is 0 Å². The maximum Gasteiger partial charge on any atom is 0.143 e. The van der Waals surface area contributed by atoms with E-state index in [2.05, 4.69) is 97.9 Å². The summed E-state index contributed by atoms with van der Waals surface area (Å²) < 4.78 is 12.5. The van der Waals surface area contributed by atoms with E-state index in [1.807, 2.05) is 12.1 Å². The van der Waals surface area contributed by atoms with Crippen molar-refractivity contribution in [2.75, 3.05) is 0 Å². The van der Waals surface area contributed by atoms with Gasteiger partial charge in [-0.3, -0.25) is 0 Å². The molecule has 0 bridgehead atoms. The van der Waals surface area contributed by atoms with Gasteiger partial charge in [0.2, 0.25) is 0 Å². The summed E-state index contributed by atoms with van der Waals surface area (Å²) in [5.74, 6) is 0. The lowest BCUT2D eigenvalue weighted by molar-refractivity contribution is 0.668. The Labute approximate surface area is 190 Å². The minimum absolute atomic E-state index is 0.902. The summed E-state index contributed by atoms with van der Waals surface area (Å²) in [7, 11) is 0. The van der Waals surface area contributed by atoms with Crippen molar-refractivity contribution in [1.82, 2.24) is 0 Å². The summed E-state index contributed by atoms with van der Waals surface area (Å²) in [6.45, 7) is 2.11. The van der Waals surface area contributed by atoms with Crippen molar-refractivity contribution in [3.63, 3.8) is 0 Å². The van der Waals surface area contributed by atoms with Crippen molar-refractivity contribution in [3.05, 3.63) is 109 Å². The lowest BCUT2D eigenvalue weighted by Crippen LogP contribution is -1.84. The third-order valence-electron chi connectivity index (χ3n) is 6.52. The van der Waals surface area contributed by atoms with Crippen LogP contribution in [0.15, 0.2) is 112 Å². The van der Waals surface area contributed by atoms with Crippen LogP contribution in [0.4, 0.5) is 0 Å². The standard InChI is InChI=1S/C31H20O2/c1-19-11-13-29-25(15-19)26-16-21(12-14-30(26)32-29)24-17-22(20-7-3-2-4-8-20)18-27-23-9-5-6-10-28(23)33-31(24)27/h2-18H,1H3. The second kappa shape index (κ2) is 6.85. The second-order valence-electron chi connectivity index (χ2n) is 8.68. The molecule has 0 aliphatic carbocycles. The van der Waals surface area contributed by atoms with Crippen molar-refractivity contribution >= 4 is 43.9 Å². The topological polar surface area (TPSA) is 26.3 Å². The van der Waals surface area contributed by atoms with Crippen LogP contribution in [0, 0.1) is 6.92 Å². The molecule has 0 saturated heterocycles. The van der Waals surface area contributed by atoms with E-state index < -0.39 is 0 Å². The molecule has 0 aliphatic rings. The predicted octanol–water partition coefficient (Wildman–Crippen LogP) is 9.13. The average molecular weight is 424 g/mol. The Morgan fingerprint density at radius 2 is 1.15 bits per heavy atom. The first-order valence-corrected chi connectivity index (χ1v) is 11.2. The first-order chi connectivity index (χ1) is 16.2. The number of aryl methyl sites for hydroxylation is 1. The molecule has 0 atom stereocenters. The van der Waals surface area contributed by atoms with Crippen LogP contribution in [0.5, 0.6) is 0 Å². The smallest absolute Gasteiger partial charge is 0.143 e. The molecule has 7 rings (SSSR count). The largest absolute Gasteiger partial charge is 0.456 e. The Hall–Kier alpha value is -4.30. The van der Waals surface area contributed by atoms with Crippen molar-refractivity contribution < 1.29 is 8.83 Å². The molecule has 0 amide bonds. The molecule has 0 fully saturated rings. The maximum atomic E-state index is 6.41. The Morgan fingerprint density at radius 1 is 0.455 bits per heavy atom. The highest BCUT2D eigenvalue weighted by atomic mass is 16.3. The summed E-state index contributed by atoms with van der Waals surface area (Å²) in [5.41, 5.74) is 9.44. The van der Waals surface area contributed by atoms with Gasteiger partial charge in [-0.1, -0.05) is 66.2 Å². The van der Waals surface area contributed by atoms with Crippen molar-refractivity contribution in [2.24, 2.45) is 0 Å². The van der Waals surface area contributed by atoms with E-state index in [-0.39, 0.29) is 0 Å². The summed E-state index contributed by atoms with van der Waals surface area (Å²) in [4.78, 5) is 0. The average Bonchev–Trinajstić information content (AvgIpc) is 3.41. The van der Waals surface area contributed by atoms with Gasteiger partial charge in [0.05, 0.1) is 0 Å². The lowest BCUT2D eigenvalue weighted by Gasteiger charge is -2.08. The molecule has 0 saturated carbocycles. The fourth-order valence-electron chi connectivity index (χ4n) is 4.90. The van der Waals surface area contributed by atoms with E-state index in [9.17, 15) is 0 Å². The Morgan fingerprint density at radius 3 is 2.03 bits per heavy atom. The van der Waals surface area contributed by atoms with E-state index >= 15 is 0 Å². The summed E-state index contributed by atoms with van der Waals surface area (Å²) in [6, 6.07) is 36.1. The van der Waals surface area contributed by atoms with Crippen molar-refractivity contribution in [2.45, 2.75) is 6.92 Å². The van der Waals surface area contributed by atoms with Crippen molar-refractivity contribution in [1.29, 1.82) is 0 Å². The van der Waals surface area contributed by atoms with Crippen LogP contribution in [-0.4, -0.2) is 0 Å². The summed E-state index contributed by atoms with van der Waals surface area (Å²) in [6.07, 6.45) is 0. The van der Waals surface area contributed by atoms with E-state index in [0.29, 0.717) is 0 Å². The Bertz CT molecular complexity index is 1820. The molecule has 2 nitrogen and oxygen atoms in total. The zero-order chi connectivity index (χ0) is 21.9. The number of hydrogen-bond donors (Lipinski definition) is 0. The molecule has 2 aromatic heterocycles. The van der Waals surface area contributed by atoms with Gasteiger partial charge in [0.1, 0.15) is 22.3 Å². The van der Waals surface area contributed by atoms with E-state index in [0.717, 1.165) is 55.0 Å². The van der Waals surface area contributed by atoms with E-state index in [1.54, 1.807) is 0 Å². The number of benzene rings is 5. The number of para-hydroxylation sites is 1. The quantitative estimate of drug-likeness (QED) is 0.276. The Balaban J connectivity index is 1.57. The monoisotopic (exact) mass is 424 g/mol. The molecular weight excluding hydrogens is 404 g/mol. The van der Waals surface area contributed by atoms with Crippen LogP contribution in [0.3, 0.4) is 0 Å². The number of furan rings is 2. The lowest BCUT2D eigenvalue weighted by atomic mass is 9.95. The van der Waals surface area contributed by atoms with Gasteiger partial charge >= 0.3 is 0 Å². The minimum Gasteiger partial charge on any atom is -0.456 e. The van der Waals surface area contributed by atoms with Gasteiger partial charge in [0, 0.05) is 27.1 Å². The Kier molecular flexibility index (Phi) is 3.80. The highest BCUT2D eigenvalue weighted by Crippen LogP contribution is 2.41. The normalized spacial score (nSPS) is 11.8. The summed E-state index contributed by atoms with van der Waals surface area (Å²) >= 11 is 0. The molecule has 5 aromatic carbocycles. The van der Waals surface area contributed by atoms with Crippen LogP contribution in [-0.2, 0) is 0 Å². The molecule has 0 unspecified atom stereocenters. The van der Waals surface area contributed by atoms with Crippen LogP contribution in [0.1, 0.15) is 5.56 Å². The highest BCUT2D eigenvalue weighted by Gasteiger charge is 2.16. The first-order valence-electron chi connectivity index (χ1n) is 11.2. The highest BCUT2D eigenvalue weighted by molar-refractivity contribution is 6.13.